The Morgan fingerprint density at radius 3 is 2.53 bits per heavy atom. The van der Waals surface area contributed by atoms with Gasteiger partial charge in [0.25, 0.3) is 0 Å². The maximum absolute atomic E-state index is 12.4. The van der Waals surface area contributed by atoms with Crippen molar-refractivity contribution in [3.05, 3.63) is 12.4 Å². The number of rotatable bonds is 2. The average Bonchev–Trinajstić information content (AvgIpc) is 2.71. The first-order chi connectivity index (χ1) is 8.65. The fourth-order valence-corrected chi connectivity index (χ4v) is 3.50. The first-order valence-corrected chi connectivity index (χ1v) is 6.95. The van der Waals surface area contributed by atoms with Gasteiger partial charge in [-0.25, -0.2) is 8.42 Å². The summed E-state index contributed by atoms with van der Waals surface area (Å²) in [6.07, 6.45) is 2.50. The number of nitrogens with zero attached hydrogens (tertiary/aromatic N) is 3. The molecule has 2 heterocycles. The van der Waals surface area contributed by atoms with E-state index in [1.165, 1.54) is 30.9 Å². The van der Waals surface area contributed by atoms with Crippen LogP contribution in [0.2, 0.25) is 0 Å². The van der Waals surface area contributed by atoms with Crippen LogP contribution in [0, 0.1) is 0 Å². The Balaban J connectivity index is 2.49. The van der Waals surface area contributed by atoms with E-state index in [2.05, 4.69) is 10.4 Å². The lowest BCUT2D eigenvalue weighted by Gasteiger charge is -2.38. The molecule has 2 rings (SSSR count). The number of nitrogens with one attached hydrogen (secondary N) is 1. The van der Waals surface area contributed by atoms with Crippen molar-refractivity contribution in [1.29, 1.82) is 0 Å². The fraction of sp³-hybridized carbons (Fsp3) is 0.500. The molecule has 0 atom stereocenters. The summed E-state index contributed by atoms with van der Waals surface area (Å²) < 4.78 is 27.1. The van der Waals surface area contributed by atoms with E-state index in [0.29, 0.717) is 0 Å². The van der Waals surface area contributed by atoms with E-state index < -0.39 is 33.9 Å². The Labute approximate surface area is 110 Å². The highest BCUT2D eigenvalue weighted by Crippen LogP contribution is 2.26. The predicted octanol–water partition coefficient (Wildman–Crippen LogP) is -1.15. The first kappa shape index (κ1) is 13.7. The number of amides is 2. The Bertz CT molecular complexity index is 646. The van der Waals surface area contributed by atoms with Gasteiger partial charge in [-0.3, -0.25) is 19.6 Å². The van der Waals surface area contributed by atoms with Gasteiger partial charge in [-0.1, -0.05) is 0 Å². The summed E-state index contributed by atoms with van der Waals surface area (Å²) in [5.41, 5.74) is -1.33. The van der Waals surface area contributed by atoms with Crippen molar-refractivity contribution in [3.8, 4) is 0 Å². The summed E-state index contributed by atoms with van der Waals surface area (Å²) >= 11 is 0. The van der Waals surface area contributed by atoms with Crippen molar-refractivity contribution < 1.29 is 18.0 Å². The molecule has 1 saturated heterocycles. The summed E-state index contributed by atoms with van der Waals surface area (Å²) in [5, 5.41) is 5.91. The van der Waals surface area contributed by atoms with Crippen molar-refractivity contribution >= 4 is 21.8 Å². The number of aryl methyl sites for hydroxylation is 1. The zero-order valence-electron chi connectivity index (χ0n) is 10.7. The first-order valence-electron chi connectivity index (χ1n) is 5.51. The third kappa shape index (κ3) is 2.15. The van der Waals surface area contributed by atoms with E-state index in [1.807, 2.05) is 0 Å². The Morgan fingerprint density at radius 1 is 1.37 bits per heavy atom. The highest BCUT2D eigenvalue weighted by atomic mass is 32.2. The lowest BCUT2D eigenvalue weighted by Crippen LogP contribution is -2.65. The van der Waals surface area contributed by atoms with Crippen LogP contribution in [0.15, 0.2) is 17.3 Å². The van der Waals surface area contributed by atoms with Crippen LogP contribution in [0.1, 0.15) is 13.8 Å². The van der Waals surface area contributed by atoms with Crippen LogP contribution < -0.4 is 5.32 Å². The molecular weight excluding hydrogens is 272 g/mol. The van der Waals surface area contributed by atoms with E-state index in [9.17, 15) is 18.0 Å². The molecule has 1 aromatic heterocycles. The topological polar surface area (TPSA) is 101 Å². The number of hydrogen-bond acceptors (Lipinski definition) is 5. The highest BCUT2D eigenvalue weighted by molar-refractivity contribution is 7.89. The molecular formula is C10H14N4O4S. The van der Waals surface area contributed by atoms with Gasteiger partial charge < -0.3 is 0 Å². The predicted molar refractivity (Wildman–Crippen MR) is 64.3 cm³/mol. The van der Waals surface area contributed by atoms with E-state index in [4.69, 9.17) is 0 Å². The molecule has 0 aliphatic carbocycles. The third-order valence-electron chi connectivity index (χ3n) is 2.99. The second-order valence-corrected chi connectivity index (χ2v) is 6.66. The molecule has 2 amide bonds. The molecule has 0 unspecified atom stereocenters. The van der Waals surface area contributed by atoms with Gasteiger partial charge in [-0.2, -0.15) is 9.40 Å². The van der Waals surface area contributed by atoms with Crippen molar-refractivity contribution in [2.24, 2.45) is 7.05 Å². The lowest BCUT2D eigenvalue weighted by molar-refractivity contribution is -0.141. The second kappa shape index (κ2) is 4.14. The van der Waals surface area contributed by atoms with Gasteiger partial charge in [0.05, 0.1) is 12.7 Å². The Hall–Kier alpha value is -1.74. The number of aromatic nitrogens is 2. The van der Waals surface area contributed by atoms with Gasteiger partial charge in [0.15, 0.2) is 0 Å². The standard InChI is InChI=1S/C10H14N4O4S/c1-10(2)9(16)12-8(15)6-14(10)19(17,18)7-4-11-13(3)5-7/h4-5H,6H2,1-3H3,(H,12,15,16). The summed E-state index contributed by atoms with van der Waals surface area (Å²) in [6.45, 7) is 2.50. The van der Waals surface area contributed by atoms with Crippen LogP contribution >= 0.6 is 0 Å². The van der Waals surface area contributed by atoms with Crippen molar-refractivity contribution in [3.63, 3.8) is 0 Å². The summed E-state index contributed by atoms with van der Waals surface area (Å²) in [4.78, 5) is 23.1. The molecule has 9 heteroatoms. The Kier molecular flexibility index (Phi) is 2.98. The van der Waals surface area contributed by atoms with Gasteiger partial charge in [0.1, 0.15) is 10.4 Å². The van der Waals surface area contributed by atoms with Gasteiger partial charge >= 0.3 is 0 Å². The normalized spacial score (nSPS) is 20.4. The number of imide groups is 1. The molecule has 19 heavy (non-hydrogen) atoms. The van der Waals surface area contributed by atoms with Crippen molar-refractivity contribution in [1.82, 2.24) is 19.4 Å². The fourth-order valence-electron chi connectivity index (χ4n) is 1.81. The monoisotopic (exact) mass is 286 g/mol. The van der Waals surface area contributed by atoms with Crippen LogP contribution in [0.25, 0.3) is 0 Å². The molecule has 0 aromatic carbocycles. The van der Waals surface area contributed by atoms with Crippen molar-refractivity contribution in [2.75, 3.05) is 6.54 Å². The van der Waals surface area contributed by atoms with E-state index in [0.717, 1.165) is 4.31 Å². The molecule has 1 fully saturated rings. The minimum Gasteiger partial charge on any atom is -0.294 e. The molecule has 8 nitrogen and oxygen atoms in total. The van der Waals surface area contributed by atoms with Crippen LogP contribution in [0.3, 0.4) is 0 Å². The number of piperazine rings is 1. The maximum atomic E-state index is 12.4. The van der Waals surface area contributed by atoms with Crippen LogP contribution in [0.4, 0.5) is 0 Å². The quantitative estimate of drug-likeness (QED) is 0.691. The summed E-state index contributed by atoms with van der Waals surface area (Å²) in [6, 6.07) is 0. The number of hydrogen-bond donors (Lipinski definition) is 1. The molecule has 0 radical (unpaired) electrons. The molecule has 1 aromatic rings. The zero-order valence-corrected chi connectivity index (χ0v) is 11.6. The van der Waals surface area contributed by atoms with E-state index >= 15 is 0 Å². The minimum absolute atomic E-state index is 0.0504. The SMILES string of the molecule is Cn1cc(S(=O)(=O)N2CC(=O)NC(=O)C2(C)C)cn1. The molecule has 1 aliphatic heterocycles. The minimum atomic E-state index is -3.95. The maximum Gasteiger partial charge on any atom is 0.247 e. The molecule has 1 N–H and O–H groups in total. The Morgan fingerprint density at radius 2 is 2.00 bits per heavy atom. The largest absolute Gasteiger partial charge is 0.294 e. The average molecular weight is 286 g/mol. The van der Waals surface area contributed by atoms with Gasteiger partial charge in [0, 0.05) is 13.2 Å². The number of carbonyl (C=O) groups is 2. The molecule has 0 bridgehead atoms. The van der Waals surface area contributed by atoms with Crippen molar-refractivity contribution in [2.45, 2.75) is 24.3 Å². The third-order valence-corrected chi connectivity index (χ3v) is 4.96. The molecule has 1 aliphatic rings. The van der Waals surface area contributed by atoms with E-state index in [-0.39, 0.29) is 4.90 Å². The van der Waals surface area contributed by atoms with Crippen LogP contribution in [0.5, 0.6) is 0 Å². The molecule has 0 saturated carbocycles. The zero-order chi connectivity index (χ0) is 14.4. The smallest absolute Gasteiger partial charge is 0.247 e. The lowest BCUT2D eigenvalue weighted by atomic mass is 10.0. The second-order valence-electron chi connectivity index (χ2n) is 4.80. The number of sulfonamides is 1. The summed E-state index contributed by atoms with van der Waals surface area (Å²) in [5.74, 6) is -1.28. The van der Waals surface area contributed by atoms with E-state index in [1.54, 1.807) is 7.05 Å². The van der Waals surface area contributed by atoms with Gasteiger partial charge in [0.2, 0.25) is 21.8 Å². The van der Waals surface area contributed by atoms with Gasteiger partial charge in [-0.05, 0) is 13.8 Å². The summed E-state index contributed by atoms with van der Waals surface area (Å²) in [7, 11) is -2.36. The van der Waals surface area contributed by atoms with Gasteiger partial charge in [-0.15, -0.1) is 0 Å². The number of carbonyl (C=O) groups excluding carboxylic acids is 2. The van der Waals surface area contributed by atoms with Crippen LogP contribution in [-0.2, 0) is 26.7 Å². The molecule has 0 spiro atoms. The molecule has 104 valence electrons. The highest BCUT2D eigenvalue weighted by Gasteiger charge is 2.47. The van der Waals surface area contributed by atoms with Crippen LogP contribution in [-0.4, -0.2) is 46.4 Å².